The Hall–Kier alpha value is -0.240. The van der Waals surface area contributed by atoms with Gasteiger partial charge < -0.3 is 5.73 Å². The van der Waals surface area contributed by atoms with Gasteiger partial charge in [0.2, 0.25) is 0 Å². The number of nitrogens with zero attached hydrogens (tertiary/aromatic N) is 1. The molecule has 7 heteroatoms. The van der Waals surface area contributed by atoms with Gasteiger partial charge in [-0.25, -0.2) is 4.72 Å². The minimum atomic E-state index is -3.45. The van der Waals surface area contributed by atoms with Gasteiger partial charge in [-0.05, 0) is 5.92 Å². The van der Waals surface area contributed by atoms with Crippen molar-refractivity contribution in [2.45, 2.75) is 20.8 Å². The zero-order chi connectivity index (χ0) is 12.1. The summed E-state index contributed by atoms with van der Waals surface area (Å²) in [6, 6.07) is 0. The van der Waals surface area contributed by atoms with Gasteiger partial charge in [-0.3, -0.25) is 0 Å². The summed E-state index contributed by atoms with van der Waals surface area (Å²) in [5.74, 6) is 0.267. The van der Waals surface area contributed by atoms with Gasteiger partial charge >= 0.3 is 0 Å². The second-order valence-electron chi connectivity index (χ2n) is 3.64. The number of hydrogen-bond donors (Lipinski definition) is 2. The lowest BCUT2D eigenvalue weighted by Crippen LogP contribution is -2.45. The summed E-state index contributed by atoms with van der Waals surface area (Å²) in [6.45, 7) is 6.46. The third-order valence-corrected chi connectivity index (χ3v) is 3.43. The maximum atomic E-state index is 11.7. The molecule has 0 unspecified atom stereocenters. The Balaban J connectivity index is 4.45. The number of rotatable bonds is 7. The van der Waals surface area contributed by atoms with Crippen LogP contribution in [0.4, 0.5) is 0 Å². The van der Waals surface area contributed by atoms with E-state index in [0.717, 1.165) is 0 Å². The maximum Gasteiger partial charge on any atom is 0.279 e. The summed E-state index contributed by atoms with van der Waals surface area (Å²) in [5.41, 5.74) is 5.32. The van der Waals surface area contributed by atoms with Gasteiger partial charge in [-0.15, -0.1) is 0 Å². The molecule has 0 fully saturated rings. The van der Waals surface area contributed by atoms with Crippen molar-refractivity contribution in [3.63, 3.8) is 0 Å². The number of nitrogens with one attached hydrogen (secondary N) is 1. The molecule has 0 amide bonds. The molecule has 5 nitrogen and oxygen atoms in total. The molecule has 0 aliphatic carbocycles. The van der Waals surface area contributed by atoms with Crippen molar-refractivity contribution in [2.24, 2.45) is 11.7 Å². The van der Waals surface area contributed by atoms with Crippen LogP contribution in [0.25, 0.3) is 0 Å². The molecule has 0 aromatic heterocycles. The summed E-state index contributed by atoms with van der Waals surface area (Å²) >= 11 is 4.69. The van der Waals surface area contributed by atoms with E-state index in [1.807, 2.05) is 13.8 Å². The third kappa shape index (κ3) is 6.03. The van der Waals surface area contributed by atoms with Gasteiger partial charge in [-0.2, -0.15) is 12.7 Å². The molecule has 0 saturated heterocycles. The van der Waals surface area contributed by atoms with Crippen molar-refractivity contribution >= 4 is 27.4 Å². The van der Waals surface area contributed by atoms with E-state index in [-0.39, 0.29) is 17.5 Å². The number of nitrogens with two attached hydrogens (primary N) is 1. The molecule has 0 atom stereocenters. The van der Waals surface area contributed by atoms with Crippen molar-refractivity contribution in [1.82, 2.24) is 9.03 Å². The Morgan fingerprint density at radius 3 is 2.40 bits per heavy atom. The Morgan fingerprint density at radius 2 is 2.07 bits per heavy atom. The van der Waals surface area contributed by atoms with E-state index in [1.54, 1.807) is 6.92 Å². The van der Waals surface area contributed by atoms with Gasteiger partial charge in [-0.1, -0.05) is 33.0 Å². The van der Waals surface area contributed by atoms with Crippen LogP contribution in [0.3, 0.4) is 0 Å². The van der Waals surface area contributed by atoms with Crippen LogP contribution >= 0.6 is 12.2 Å². The SMILES string of the molecule is CCN(CC(N)=S)S(=O)(=O)NCC(C)C. The Morgan fingerprint density at radius 1 is 1.53 bits per heavy atom. The van der Waals surface area contributed by atoms with Crippen molar-refractivity contribution in [3.8, 4) is 0 Å². The van der Waals surface area contributed by atoms with Gasteiger partial charge in [0.25, 0.3) is 10.2 Å². The molecule has 15 heavy (non-hydrogen) atoms. The van der Waals surface area contributed by atoms with E-state index in [2.05, 4.69) is 16.9 Å². The lowest BCUT2D eigenvalue weighted by atomic mass is 10.2. The van der Waals surface area contributed by atoms with Crippen LogP contribution in [0, 0.1) is 5.92 Å². The van der Waals surface area contributed by atoms with Crippen molar-refractivity contribution in [1.29, 1.82) is 0 Å². The fourth-order valence-corrected chi connectivity index (χ4v) is 2.52. The minimum Gasteiger partial charge on any atom is -0.392 e. The summed E-state index contributed by atoms with van der Waals surface area (Å²) in [6.07, 6.45) is 0. The molecule has 0 radical (unpaired) electrons. The van der Waals surface area contributed by atoms with E-state index in [9.17, 15) is 8.42 Å². The van der Waals surface area contributed by atoms with Crippen molar-refractivity contribution in [2.75, 3.05) is 19.6 Å². The van der Waals surface area contributed by atoms with E-state index in [0.29, 0.717) is 13.1 Å². The molecule has 0 aliphatic rings. The fourth-order valence-electron chi connectivity index (χ4n) is 0.904. The van der Waals surface area contributed by atoms with Crippen LogP contribution in [-0.4, -0.2) is 37.3 Å². The van der Waals surface area contributed by atoms with Crippen LogP contribution in [0.5, 0.6) is 0 Å². The Kier molecular flexibility index (Phi) is 6.26. The molecule has 0 bridgehead atoms. The predicted octanol–water partition coefficient (Wildman–Crippen LogP) is 0.0848. The largest absolute Gasteiger partial charge is 0.392 e. The molecule has 0 spiro atoms. The van der Waals surface area contributed by atoms with Gasteiger partial charge in [0, 0.05) is 13.1 Å². The number of likely N-dealkylation sites (N-methyl/N-ethyl adjacent to an activating group) is 1. The minimum absolute atomic E-state index is 0.0826. The second-order valence-corrected chi connectivity index (χ2v) is 5.92. The molecule has 90 valence electrons. The summed E-state index contributed by atoms with van der Waals surface area (Å²) in [4.78, 5) is 0.173. The standard InChI is InChI=1S/C8H19N3O2S2/c1-4-11(6-8(9)14)15(12,13)10-5-7(2)3/h7,10H,4-6H2,1-3H3,(H2,9,14). The summed E-state index contributed by atoms with van der Waals surface area (Å²) < 4.78 is 27.1. The zero-order valence-corrected chi connectivity index (χ0v) is 11.0. The average molecular weight is 253 g/mol. The first kappa shape index (κ1) is 14.8. The monoisotopic (exact) mass is 253 g/mol. The zero-order valence-electron chi connectivity index (χ0n) is 9.36. The van der Waals surface area contributed by atoms with Gasteiger partial charge in [0.05, 0.1) is 11.5 Å². The topological polar surface area (TPSA) is 75.4 Å². The van der Waals surface area contributed by atoms with Crippen LogP contribution in [0.1, 0.15) is 20.8 Å². The summed E-state index contributed by atoms with van der Waals surface area (Å²) in [5, 5.41) is 0. The fraction of sp³-hybridized carbons (Fsp3) is 0.875. The first-order valence-corrected chi connectivity index (χ1v) is 6.67. The molecule has 3 N–H and O–H groups in total. The first-order valence-electron chi connectivity index (χ1n) is 4.82. The van der Waals surface area contributed by atoms with Crippen molar-refractivity contribution < 1.29 is 8.42 Å². The number of thiocarbonyl (C=S) groups is 1. The highest BCUT2D eigenvalue weighted by Crippen LogP contribution is 1.99. The van der Waals surface area contributed by atoms with E-state index in [4.69, 9.17) is 5.73 Å². The first-order chi connectivity index (χ1) is 6.79. The molecule has 0 heterocycles. The molecule has 0 saturated carbocycles. The van der Waals surface area contributed by atoms with Crippen LogP contribution < -0.4 is 10.5 Å². The molecule has 0 aliphatic heterocycles. The highest BCUT2D eigenvalue weighted by Gasteiger charge is 2.20. The van der Waals surface area contributed by atoms with E-state index in [1.165, 1.54) is 4.31 Å². The second kappa shape index (κ2) is 6.37. The maximum absolute atomic E-state index is 11.7. The molecule has 0 rings (SSSR count). The average Bonchev–Trinajstić information content (AvgIpc) is 2.10. The highest BCUT2D eigenvalue weighted by molar-refractivity contribution is 7.87. The smallest absolute Gasteiger partial charge is 0.279 e. The molecular formula is C8H19N3O2S2. The quantitative estimate of drug-likeness (QED) is 0.630. The number of hydrogen-bond acceptors (Lipinski definition) is 3. The lowest BCUT2D eigenvalue weighted by Gasteiger charge is -2.20. The van der Waals surface area contributed by atoms with Gasteiger partial charge in [0.1, 0.15) is 0 Å². The Bertz CT molecular complexity index is 301. The van der Waals surface area contributed by atoms with Crippen LogP contribution in [-0.2, 0) is 10.2 Å². The lowest BCUT2D eigenvalue weighted by molar-refractivity contribution is 0.450. The summed E-state index contributed by atoms with van der Waals surface area (Å²) in [7, 11) is -3.45. The molecule has 0 aromatic carbocycles. The van der Waals surface area contributed by atoms with E-state index >= 15 is 0 Å². The van der Waals surface area contributed by atoms with Gasteiger partial charge in [0.15, 0.2) is 0 Å². The van der Waals surface area contributed by atoms with E-state index < -0.39 is 10.2 Å². The molecular weight excluding hydrogens is 234 g/mol. The van der Waals surface area contributed by atoms with Crippen molar-refractivity contribution in [3.05, 3.63) is 0 Å². The molecule has 0 aromatic rings. The highest BCUT2D eigenvalue weighted by atomic mass is 32.2. The van der Waals surface area contributed by atoms with Crippen LogP contribution in [0.15, 0.2) is 0 Å². The third-order valence-electron chi connectivity index (χ3n) is 1.70. The Labute approximate surface area is 97.2 Å². The van der Waals surface area contributed by atoms with Crippen LogP contribution in [0.2, 0.25) is 0 Å². The predicted molar refractivity (Wildman–Crippen MR) is 65.8 cm³/mol. The normalized spacial score (nSPS) is 12.3.